The van der Waals surface area contributed by atoms with Gasteiger partial charge in [-0.1, -0.05) is 18.9 Å². The molecule has 0 bridgehead atoms. The minimum Gasteiger partial charge on any atom is -0.365 e. The Balaban J connectivity index is 1.57. The lowest BCUT2D eigenvalue weighted by molar-refractivity contribution is 0.100. The molecule has 2 heterocycles. The Kier molecular flexibility index (Phi) is 6.52. The second kappa shape index (κ2) is 9.84. The van der Waals surface area contributed by atoms with Crippen molar-refractivity contribution in [2.24, 2.45) is 5.73 Å². The maximum Gasteiger partial charge on any atom is 0.268 e. The fourth-order valence-electron chi connectivity index (χ4n) is 3.80. The van der Waals surface area contributed by atoms with E-state index in [2.05, 4.69) is 41.0 Å². The van der Waals surface area contributed by atoms with E-state index in [4.69, 9.17) is 12.3 Å². The predicted octanol–water partition coefficient (Wildman–Crippen LogP) is 2.09. The van der Waals surface area contributed by atoms with Crippen LogP contribution in [0.25, 0.3) is 10.5 Å². The number of hydrogen-bond donors (Lipinski definition) is 4. The maximum atomic E-state index is 12.0. The number of nitrogens with two attached hydrogens (primary N) is 1. The second-order valence-corrected chi connectivity index (χ2v) is 7.48. The highest BCUT2D eigenvalue weighted by molar-refractivity contribution is 5.98. The van der Waals surface area contributed by atoms with Crippen LogP contribution >= 0.6 is 0 Å². The first-order valence-corrected chi connectivity index (χ1v) is 10.4. The predicted molar refractivity (Wildman–Crippen MR) is 119 cm³/mol. The van der Waals surface area contributed by atoms with Crippen LogP contribution in [0.5, 0.6) is 0 Å². The molecule has 0 radical (unpaired) electrons. The van der Waals surface area contributed by atoms with Crippen molar-refractivity contribution in [3.8, 4) is 5.69 Å². The normalized spacial score (nSPS) is 18.0. The summed E-state index contributed by atoms with van der Waals surface area (Å²) in [7, 11) is 0. The molecule has 0 aliphatic heterocycles. The summed E-state index contributed by atoms with van der Waals surface area (Å²) in [5, 5.41) is 18.1. The summed E-state index contributed by atoms with van der Waals surface area (Å²) in [6.45, 7) is 7.30. The van der Waals surface area contributed by atoms with E-state index < -0.39 is 5.91 Å². The number of carbonyl (C=O) groups excluding carboxylic acids is 1. The number of nitrogens with one attached hydrogen (secondary N) is 3. The molecule has 11 nitrogen and oxygen atoms in total. The van der Waals surface area contributed by atoms with Crippen LogP contribution in [0.15, 0.2) is 42.9 Å². The highest BCUT2D eigenvalue weighted by atomic mass is 16.1. The number of hydrogen-bond acceptors (Lipinski definition) is 8. The van der Waals surface area contributed by atoms with Crippen molar-refractivity contribution in [1.82, 2.24) is 30.3 Å². The van der Waals surface area contributed by atoms with Crippen molar-refractivity contribution in [2.75, 3.05) is 17.3 Å². The van der Waals surface area contributed by atoms with Gasteiger partial charge in [-0.2, -0.15) is 20.0 Å². The lowest BCUT2D eigenvalue weighted by Crippen LogP contribution is -2.46. The highest BCUT2D eigenvalue weighted by Gasteiger charge is 2.26. The number of aromatic nitrogens is 5. The van der Waals surface area contributed by atoms with Gasteiger partial charge in [-0.05, 0) is 31.0 Å². The molecule has 1 aliphatic rings. The zero-order valence-electron chi connectivity index (χ0n) is 17.4. The number of primary amides is 1. The van der Waals surface area contributed by atoms with E-state index in [0.717, 1.165) is 31.4 Å². The van der Waals surface area contributed by atoms with Gasteiger partial charge in [0, 0.05) is 24.0 Å². The number of nitrogens with zero attached hydrogens (tertiary/aromatic N) is 6. The van der Waals surface area contributed by atoms with Gasteiger partial charge in [0.15, 0.2) is 0 Å². The van der Waals surface area contributed by atoms with Crippen molar-refractivity contribution in [1.29, 1.82) is 0 Å². The summed E-state index contributed by atoms with van der Waals surface area (Å²) in [6, 6.07) is 7.65. The second-order valence-electron chi connectivity index (χ2n) is 7.48. The lowest BCUT2D eigenvalue weighted by atomic mass is 9.90. The van der Waals surface area contributed by atoms with Crippen LogP contribution in [0.3, 0.4) is 0 Å². The average Bonchev–Trinajstić information content (AvgIpc) is 3.34. The molecule has 1 aliphatic carbocycles. The molecular weight excluding hydrogens is 408 g/mol. The van der Waals surface area contributed by atoms with E-state index >= 15 is 0 Å². The fraction of sp³-hybridized carbons (Fsp3) is 0.333. The first-order valence-electron chi connectivity index (χ1n) is 10.4. The van der Waals surface area contributed by atoms with Crippen molar-refractivity contribution < 1.29 is 4.79 Å². The van der Waals surface area contributed by atoms with E-state index in [1.165, 1.54) is 11.0 Å². The number of anilines is 3. The molecule has 4 rings (SSSR count). The fourth-order valence-corrected chi connectivity index (χ4v) is 3.80. The molecule has 1 aromatic carbocycles. The van der Waals surface area contributed by atoms with Crippen LogP contribution in [-0.2, 0) is 0 Å². The SMILES string of the molecule is [C-]#[N+]CN[C@H]1CCCC[C@H]1Nc1ncc(C(N)=O)c(Nc2cccc(-n3nccn3)c2)n1. The average molecular weight is 432 g/mol. The number of benzene rings is 1. The van der Waals surface area contributed by atoms with E-state index in [1.54, 1.807) is 12.4 Å². The summed E-state index contributed by atoms with van der Waals surface area (Å²) >= 11 is 0. The molecule has 0 saturated heterocycles. The van der Waals surface area contributed by atoms with Crippen LogP contribution in [0.4, 0.5) is 17.5 Å². The third kappa shape index (κ3) is 4.98. The Hall–Kier alpha value is -4.04. The smallest absolute Gasteiger partial charge is 0.268 e. The van der Waals surface area contributed by atoms with E-state index in [9.17, 15) is 4.79 Å². The number of carbonyl (C=O) groups is 1. The van der Waals surface area contributed by atoms with Gasteiger partial charge in [0.05, 0.1) is 18.1 Å². The molecular formula is C21H24N10O. The van der Waals surface area contributed by atoms with Gasteiger partial charge >= 0.3 is 0 Å². The molecule has 2 atom stereocenters. The molecule has 1 saturated carbocycles. The Morgan fingerprint density at radius 1 is 1.22 bits per heavy atom. The molecule has 0 unspecified atom stereocenters. The zero-order valence-corrected chi connectivity index (χ0v) is 17.4. The first-order chi connectivity index (χ1) is 15.6. The molecule has 3 aromatic rings. The standard InChI is InChI=1S/C21H24N10O/c1-23-13-25-17-7-2-3-8-18(17)29-21-24-12-16(19(22)32)20(30-21)28-14-5-4-6-15(11-14)31-26-9-10-27-31/h4-6,9-12,17-18,25H,2-3,7-8,13H2,(H2,22,32)(H2,24,28,29,30)/t17-,18+/m0/s1. The summed E-state index contributed by atoms with van der Waals surface area (Å²) in [4.78, 5) is 25.7. The largest absolute Gasteiger partial charge is 0.365 e. The van der Waals surface area contributed by atoms with Crippen molar-refractivity contribution in [3.63, 3.8) is 0 Å². The Labute approximate surface area is 185 Å². The monoisotopic (exact) mass is 432 g/mol. The van der Waals surface area contributed by atoms with Crippen LogP contribution in [0, 0.1) is 6.57 Å². The highest BCUT2D eigenvalue weighted by Crippen LogP contribution is 2.24. The van der Waals surface area contributed by atoms with Gasteiger partial charge in [-0.25, -0.2) is 16.9 Å². The van der Waals surface area contributed by atoms with Crippen LogP contribution in [0.1, 0.15) is 36.0 Å². The molecule has 164 valence electrons. The van der Waals surface area contributed by atoms with Crippen LogP contribution < -0.4 is 21.7 Å². The summed E-state index contributed by atoms with van der Waals surface area (Å²) in [6.07, 6.45) is 8.74. The Morgan fingerprint density at radius 3 is 2.75 bits per heavy atom. The molecule has 32 heavy (non-hydrogen) atoms. The van der Waals surface area contributed by atoms with Gasteiger partial charge in [-0.15, -0.1) is 0 Å². The lowest BCUT2D eigenvalue weighted by Gasteiger charge is -2.31. The summed E-state index contributed by atoms with van der Waals surface area (Å²) in [5.74, 6) is 0.0733. The molecule has 0 spiro atoms. The van der Waals surface area contributed by atoms with Gasteiger partial charge in [-0.3, -0.25) is 9.64 Å². The number of amides is 1. The van der Waals surface area contributed by atoms with Crippen molar-refractivity contribution in [2.45, 2.75) is 37.8 Å². The molecule has 1 amide bonds. The molecule has 2 aromatic heterocycles. The van der Waals surface area contributed by atoms with E-state index in [0.29, 0.717) is 17.5 Å². The van der Waals surface area contributed by atoms with Gasteiger partial charge < -0.3 is 16.4 Å². The molecule has 1 fully saturated rings. The Bertz CT molecular complexity index is 1110. The van der Waals surface area contributed by atoms with E-state index in [1.807, 2.05) is 24.3 Å². The first kappa shape index (κ1) is 21.2. The quantitative estimate of drug-likeness (QED) is 0.397. The summed E-state index contributed by atoms with van der Waals surface area (Å²) < 4.78 is 0. The van der Waals surface area contributed by atoms with Gasteiger partial charge in [0.1, 0.15) is 11.4 Å². The van der Waals surface area contributed by atoms with Crippen molar-refractivity contribution >= 4 is 23.4 Å². The van der Waals surface area contributed by atoms with Crippen LogP contribution in [0.2, 0.25) is 0 Å². The maximum absolute atomic E-state index is 12.0. The minimum absolute atomic E-state index is 0.0898. The van der Waals surface area contributed by atoms with E-state index in [-0.39, 0.29) is 24.3 Å². The third-order valence-corrected chi connectivity index (χ3v) is 5.33. The van der Waals surface area contributed by atoms with Gasteiger partial charge in [0.25, 0.3) is 12.6 Å². The zero-order chi connectivity index (χ0) is 22.3. The molecule has 11 heteroatoms. The topological polar surface area (TPSA) is 140 Å². The number of rotatable bonds is 8. The van der Waals surface area contributed by atoms with Crippen LogP contribution in [-0.4, -0.2) is 49.6 Å². The molecule has 5 N–H and O–H groups in total. The third-order valence-electron chi connectivity index (χ3n) is 5.33. The Morgan fingerprint density at radius 2 is 2.00 bits per heavy atom. The van der Waals surface area contributed by atoms with Gasteiger partial charge in [0.2, 0.25) is 5.95 Å². The minimum atomic E-state index is -0.627. The van der Waals surface area contributed by atoms with Crippen molar-refractivity contribution in [3.05, 3.63) is 59.8 Å². The summed E-state index contributed by atoms with van der Waals surface area (Å²) in [5.41, 5.74) is 7.18.